The van der Waals surface area contributed by atoms with Crippen molar-refractivity contribution in [3.8, 4) is 0 Å². The second-order valence-corrected chi connectivity index (χ2v) is 7.87. The molecule has 1 N–H and O–H groups in total. The Kier molecular flexibility index (Phi) is 6.57. The van der Waals surface area contributed by atoms with Gasteiger partial charge in [-0.25, -0.2) is 0 Å². The molecule has 1 aromatic carbocycles. The third kappa shape index (κ3) is 4.47. The quantitative estimate of drug-likeness (QED) is 0.767. The molecule has 5 nitrogen and oxygen atoms in total. The second-order valence-electron chi connectivity index (χ2n) is 7.44. The summed E-state index contributed by atoms with van der Waals surface area (Å²) in [5, 5.41) is 0.745. The van der Waals surface area contributed by atoms with Crippen LogP contribution in [0.15, 0.2) is 24.3 Å². The molecule has 0 saturated carbocycles. The van der Waals surface area contributed by atoms with Crippen molar-refractivity contribution in [1.29, 1.82) is 0 Å². The average Bonchev–Trinajstić information content (AvgIpc) is 2.84. The number of halogens is 1. The number of aryl methyl sites for hydroxylation is 1. The molecule has 6 heteroatoms. The summed E-state index contributed by atoms with van der Waals surface area (Å²) in [6, 6.07) is 7.93. The summed E-state index contributed by atoms with van der Waals surface area (Å²) < 4.78 is 0. The fraction of sp³-hybridized carbons (Fsp3) is 0.455. The first-order chi connectivity index (χ1) is 13.4. The van der Waals surface area contributed by atoms with E-state index in [0.29, 0.717) is 24.2 Å². The van der Waals surface area contributed by atoms with Crippen molar-refractivity contribution in [2.45, 2.75) is 40.2 Å². The van der Waals surface area contributed by atoms with Crippen molar-refractivity contribution in [2.24, 2.45) is 0 Å². The number of rotatable bonds is 5. The van der Waals surface area contributed by atoms with E-state index in [4.69, 9.17) is 11.6 Å². The molecule has 0 aliphatic carbocycles. The first-order valence-corrected chi connectivity index (χ1v) is 10.3. The minimum absolute atomic E-state index is 0.000734. The lowest BCUT2D eigenvalue weighted by Crippen LogP contribution is -2.35. The molecule has 150 valence electrons. The number of aromatic amines is 1. The third-order valence-electron chi connectivity index (χ3n) is 5.41. The van der Waals surface area contributed by atoms with Crippen molar-refractivity contribution in [1.82, 2.24) is 14.8 Å². The molecule has 0 spiro atoms. The van der Waals surface area contributed by atoms with Crippen molar-refractivity contribution in [3.63, 3.8) is 0 Å². The lowest BCUT2D eigenvalue weighted by molar-refractivity contribution is 0.0754. The molecule has 0 atom stereocenters. The molecule has 1 amide bonds. The molecule has 1 aromatic heterocycles. The molecule has 1 aliphatic heterocycles. The molecular formula is C22H28ClN3O2. The van der Waals surface area contributed by atoms with Crippen LogP contribution < -0.4 is 0 Å². The Hall–Kier alpha value is -2.11. The molecule has 3 rings (SSSR count). The van der Waals surface area contributed by atoms with Gasteiger partial charge in [0.2, 0.25) is 0 Å². The summed E-state index contributed by atoms with van der Waals surface area (Å²) in [5.41, 5.74) is 4.11. The first-order valence-electron chi connectivity index (χ1n) is 9.89. The van der Waals surface area contributed by atoms with Crippen LogP contribution in [0.25, 0.3) is 0 Å². The van der Waals surface area contributed by atoms with Crippen LogP contribution in [0.2, 0.25) is 5.02 Å². The fourth-order valence-electron chi connectivity index (χ4n) is 4.03. The van der Waals surface area contributed by atoms with Gasteiger partial charge in [-0.2, -0.15) is 0 Å². The number of hydrogen-bond acceptors (Lipinski definition) is 3. The van der Waals surface area contributed by atoms with Crippen LogP contribution in [0.4, 0.5) is 0 Å². The van der Waals surface area contributed by atoms with Crippen LogP contribution in [0.5, 0.6) is 0 Å². The van der Waals surface area contributed by atoms with Crippen molar-refractivity contribution < 1.29 is 9.59 Å². The Bertz CT molecular complexity index is 857. The van der Waals surface area contributed by atoms with Crippen molar-refractivity contribution >= 4 is 23.3 Å². The highest BCUT2D eigenvalue weighted by atomic mass is 35.5. The summed E-state index contributed by atoms with van der Waals surface area (Å²) in [4.78, 5) is 32.6. The summed E-state index contributed by atoms with van der Waals surface area (Å²) >= 11 is 5.97. The summed E-state index contributed by atoms with van der Waals surface area (Å²) in [6.45, 7) is 9.46. The lowest BCUT2D eigenvalue weighted by atomic mass is 10.0. The van der Waals surface area contributed by atoms with Crippen LogP contribution in [0.1, 0.15) is 57.9 Å². The minimum Gasteiger partial charge on any atom is -0.354 e. The molecule has 2 heterocycles. The highest BCUT2D eigenvalue weighted by molar-refractivity contribution is 6.30. The standard InChI is InChI=1S/C22H28ClN3O2/c1-4-19-20(16(3)27)15(2)24-21(19)22(28)26-11-5-10-25(12-13-26)14-17-6-8-18(23)9-7-17/h6-9,24H,4-5,10-14H2,1-3H3. The Labute approximate surface area is 171 Å². The van der Waals surface area contributed by atoms with Crippen LogP contribution in [0.3, 0.4) is 0 Å². The van der Waals surface area contributed by atoms with E-state index in [0.717, 1.165) is 48.9 Å². The van der Waals surface area contributed by atoms with Gasteiger partial charge in [0.05, 0.1) is 0 Å². The van der Waals surface area contributed by atoms with E-state index in [9.17, 15) is 9.59 Å². The van der Waals surface area contributed by atoms with Crippen molar-refractivity contribution in [3.05, 3.63) is 57.4 Å². The molecule has 0 unspecified atom stereocenters. The van der Waals surface area contributed by atoms with Gasteiger partial charge >= 0.3 is 0 Å². The van der Waals surface area contributed by atoms with Gasteiger partial charge in [0.15, 0.2) is 5.78 Å². The van der Waals surface area contributed by atoms with E-state index in [-0.39, 0.29) is 11.7 Å². The predicted octanol–water partition coefficient (Wildman–Crippen LogP) is 4.09. The van der Waals surface area contributed by atoms with E-state index >= 15 is 0 Å². The van der Waals surface area contributed by atoms with Gasteiger partial charge in [-0.05, 0) is 49.9 Å². The molecule has 2 aromatic rings. The number of amides is 1. The number of carbonyl (C=O) groups is 2. The van der Waals surface area contributed by atoms with Crippen LogP contribution in [-0.4, -0.2) is 52.7 Å². The Morgan fingerprint density at radius 3 is 2.46 bits per heavy atom. The molecule has 1 aliphatic rings. The molecule has 1 fully saturated rings. The number of H-pyrrole nitrogens is 1. The highest BCUT2D eigenvalue weighted by Gasteiger charge is 2.26. The van der Waals surface area contributed by atoms with E-state index in [1.807, 2.05) is 30.9 Å². The van der Waals surface area contributed by atoms with E-state index in [1.165, 1.54) is 5.56 Å². The van der Waals surface area contributed by atoms with Gasteiger partial charge in [-0.3, -0.25) is 14.5 Å². The maximum Gasteiger partial charge on any atom is 0.270 e. The van der Waals surface area contributed by atoms with Gasteiger partial charge in [0, 0.05) is 49.0 Å². The average molecular weight is 402 g/mol. The van der Waals surface area contributed by atoms with Crippen molar-refractivity contribution in [2.75, 3.05) is 26.2 Å². The second kappa shape index (κ2) is 8.93. The first kappa shape index (κ1) is 20.6. The Morgan fingerprint density at radius 1 is 1.11 bits per heavy atom. The number of nitrogens with one attached hydrogen (secondary N) is 1. The van der Waals surface area contributed by atoms with Gasteiger partial charge in [-0.1, -0.05) is 30.7 Å². The zero-order valence-corrected chi connectivity index (χ0v) is 17.6. The number of hydrogen-bond donors (Lipinski definition) is 1. The molecule has 28 heavy (non-hydrogen) atoms. The van der Waals surface area contributed by atoms with E-state index < -0.39 is 0 Å². The minimum atomic E-state index is 0.000734. The SMILES string of the molecule is CCc1c(C(=O)N2CCCN(Cc3ccc(Cl)cc3)CC2)[nH]c(C)c1C(C)=O. The van der Waals surface area contributed by atoms with Crippen LogP contribution in [0, 0.1) is 6.92 Å². The molecule has 0 bridgehead atoms. The van der Waals surface area contributed by atoms with E-state index in [1.54, 1.807) is 6.92 Å². The Balaban J connectivity index is 1.70. The van der Waals surface area contributed by atoms with Gasteiger partial charge in [0.25, 0.3) is 5.91 Å². The fourth-order valence-corrected chi connectivity index (χ4v) is 4.15. The number of ketones is 1. The van der Waals surface area contributed by atoms with E-state index in [2.05, 4.69) is 22.0 Å². The zero-order valence-electron chi connectivity index (χ0n) is 16.8. The molecular weight excluding hydrogens is 374 g/mol. The number of Topliss-reactive ketones (excluding diaryl/α,β-unsaturated/α-hetero) is 1. The molecule has 1 saturated heterocycles. The monoisotopic (exact) mass is 401 g/mol. The predicted molar refractivity (Wildman–Crippen MR) is 112 cm³/mol. The normalized spacial score (nSPS) is 15.5. The van der Waals surface area contributed by atoms with Gasteiger partial charge in [0.1, 0.15) is 5.69 Å². The summed E-state index contributed by atoms with van der Waals surface area (Å²) in [6.07, 6.45) is 1.59. The van der Waals surface area contributed by atoms with Crippen LogP contribution >= 0.6 is 11.6 Å². The Morgan fingerprint density at radius 2 is 1.82 bits per heavy atom. The maximum absolute atomic E-state index is 13.2. The van der Waals surface area contributed by atoms with Gasteiger partial charge in [-0.15, -0.1) is 0 Å². The number of nitrogens with zero attached hydrogens (tertiary/aromatic N) is 2. The highest BCUT2D eigenvalue weighted by Crippen LogP contribution is 2.22. The lowest BCUT2D eigenvalue weighted by Gasteiger charge is -2.22. The number of benzene rings is 1. The zero-order chi connectivity index (χ0) is 20.3. The van der Waals surface area contributed by atoms with Gasteiger partial charge < -0.3 is 9.88 Å². The topological polar surface area (TPSA) is 56.4 Å². The number of carbonyl (C=O) groups excluding carboxylic acids is 2. The largest absolute Gasteiger partial charge is 0.354 e. The van der Waals surface area contributed by atoms with Crippen LogP contribution in [-0.2, 0) is 13.0 Å². The summed E-state index contributed by atoms with van der Waals surface area (Å²) in [7, 11) is 0. The third-order valence-corrected chi connectivity index (χ3v) is 5.66. The summed E-state index contributed by atoms with van der Waals surface area (Å²) in [5.74, 6) is 0.00967. The number of aromatic nitrogens is 1. The maximum atomic E-state index is 13.2. The smallest absolute Gasteiger partial charge is 0.270 e. The molecule has 0 radical (unpaired) electrons.